The lowest BCUT2D eigenvalue weighted by atomic mass is 9.97. The fraction of sp³-hybridized carbons (Fsp3) is 0.273. The molecule has 0 saturated carbocycles. The second-order valence-corrected chi connectivity index (χ2v) is 9.61. The van der Waals surface area contributed by atoms with E-state index in [9.17, 15) is 24.5 Å². The summed E-state index contributed by atoms with van der Waals surface area (Å²) in [7, 11) is 0. The van der Waals surface area contributed by atoms with Crippen molar-refractivity contribution in [3.05, 3.63) is 73.4 Å². The van der Waals surface area contributed by atoms with Gasteiger partial charge in [-0.25, -0.2) is 4.98 Å². The highest BCUT2D eigenvalue weighted by Crippen LogP contribution is 2.34. The van der Waals surface area contributed by atoms with Gasteiger partial charge in [0.15, 0.2) is 5.16 Å². The van der Waals surface area contributed by atoms with Crippen LogP contribution < -0.4 is 16.4 Å². The number of thiophene rings is 1. The summed E-state index contributed by atoms with van der Waals surface area (Å²) in [4.78, 5) is 54.6. The van der Waals surface area contributed by atoms with Gasteiger partial charge in [-0.3, -0.25) is 39.9 Å². The predicted molar refractivity (Wildman–Crippen MR) is 130 cm³/mol. The van der Waals surface area contributed by atoms with Crippen molar-refractivity contribution in [3.8, 4) is 0 Å². The SMILES string of the molecule is C=CCn1c(SCC(=O)NNC(=O)c2cccc([N+](=O)[O-])c2)nc2sc3c(c2c1=O)CCCC3. The largest absolute Gasteiger partial charge is 0.283 e. The van der Waals surface area contributed by atoms with Crippen LogP contribution in [0, 0.1) is 10.1 Å². The van der Waals surface area contributed by atoms with Crippen LogP contribution in [0.1, 0.15) is 33.6 Å². The van der Waals surface area contributed by atoms with E-state index in [0.717, 1.165) is 49.1 Å². The summed E-state index contributed by atoms with van der Waals surface area (Å²) in [5, 5.41) is 11.9. The first kappa shape index (κ1) is 23.6. The maximum absolute atomic E-state index is 13.2. The number of aromatic nitrogens is 2. The molecule has 10 nitrogen and oxygen atoms in total. The van der Waals surface area contributed by atoms with Crippen LogP contribution >= 0.6 is 23.1 Å². The monoisotopic (exact) mass is 499 g/mol. The minimum atomic E-state index is -0.686. The van der Waals surface area contributed by atoms with Crippen LogP contribution in [0.3, 0.4) is 0 Å². The quantitative estimate of drug-likeness (QED) is 0.168. The molecule has 0 bridgehead atoms. The zero-order valence-electron chi connectivity index (χ0n) is 18.0. The molecule has 2 N–H and O–H groups in total. The lowest BCUT2D eigenvalue weighted by Crippen LogP contribution is -2.42. The van der Waals surface area contributed by atoms with E-state index in [4.69, 9.17) is 0 Å². The number of nitro groups is 1. The first-order chi connectivity index (χ1) is 16.4. The summed E-state index contributed by atoms with van der Waals surface area (Å²) in [6.45, 7) is 3.98. The molecule has 1 aliphatic rings. The van der Waals surface area contributed by atoms with Crippen molar-refractivity contribution in [2.45, 2.75) is 37.4 Å². The Hall–Kier alpha value is -3.51. The Balaban J connectivity index is 1.46. The Morgan fingerprint density at radius 2 is 2.09 bits per heavy atom. The smallest absolute Gasteiger partial charge is 0.270 e. The molecule has 2 amide bonds. The molecule has 0 radical (unpaired) electrons. The Labute approximate surface area is 202 Å². The topological polar surface area (TPSA) is 136 Å². The van der Waals surface area contributed by atoms with Crippen molar-refractivity contribution in [3.63, 3.8) is 0 Å². The third-order valence-corrected chi connectivity index (χ3v) is 7.48. The van der Waals surface area contributed by atoms with Crippen LogP contribution in [-0.4, -0.2) is 32.0 Å². The Bertz CT molecular complexity index is 1360. The molecule has 0 spiro atoms. The molecule has 3 aromatic rings. The van der Waals surface area contributed by atoms with Crippen LogP contribution in [0.25, 0.3) is 10.2 Å². The van der Waals surface area contributed by atoms with Crippen molar-refractivity contribution in [1.82, 2.24) is 20.4 Å². The van der Waals surface area contributed by atoms with Gasteiger partial charge in [0.1, 0.15) is 4.83 Å². The van der Waals surface area contributed by atoms with E-state index in [1.165, 1.54) is 39.0 Å². The third kappa shape index (κ3) is 4.87. The number of benzene rings is 1. The van der Waals surface area contributed by atoms with Gasteiger partial charge in [-0.2, -0.15) is 0 Å². The van der Waals surface area contributed by atoms with Gasteiger partial charge in [0.25, 0.3) is 17.2 Å². The average molecular weight is 500 g/mol. The number of carbonyl (C=O) groups is 2. The van der Waals surface area contributed by atoms with Crippen molar-refractivity contribution in [1.29, 1.82) is 0 Å². The maximum atomic E-state index is 13.2. The lowest BCUT2D eigenvalue weighted by Gasteiger charge is -2.12. The number of carbonyl (C=O) groups excluding carboxylic acids is 2. The van der Waals surface area contributed by atoms with Crippen LogP contribution in [0.5, 0.6) is 0 Å². The number of nitro benzene ring substituents is 1. The van der Waals surface area contributed by atoms with Gasteiger partial charge in [-0.05, 0) is 37.3 Å². The number of non-ortho nitro benzene ring substituents is 1. The molecule has 1 aromatic carbocycles. The number of nitrogens with one attached hydrogen (secondary N) is 2. The number of allylic oxidation sites excluding steroid dienone is 1. The van der Waals surface area contributed by atoms with Crippen molar-refractivity contribution in [2.24, 2.45) is 0 Å². The molecule has 0 atom stereocenters. The summed E-state index contributed by atoms with van der Waals surface area (Å²) in [5.41, 5.74) is 5.29. The van der Waals surface area contributed by atoms with E-state index >= 15 is 0 Å². The number of nitrogens with zero attached hydrogens (tertiary/aromatic N) is 3. The van der Waals surface area contributed by atoms with E-state index in [-0.39, 0.29) is 29.1 Å². The molecular formula is C22H21N5O5S2. The lowest BCUT2D eigenvalue weighted by molar-refractivity contribution is -0.384. The zero-order chi connectivity index (χ0) is 24.2. The third-order valence-electron chi connectivity index (χ3n) is 5.32. The minimum Gasteiger partial charge on any atom is -0.283 e. The highest BCUT2D eigenvalue weighted by atomic mass is 32.2. The molecule has 12 heteroatoms. The van der Waals surface area contributed by atoms with Crippen LogP contribution in [0.4, 0.5) is 5.69 Å². The zero-order valence-corrected chi connectivity index (χ0v) is 19.7. The number of hydrogen-bond donors (Lipinski definition) is 2. The number of hydrogen-bond acceptors (Lipinski definition) is 8. The van der Waals surface area contributed by atoms with Gasteiger partial charge in [-0.1, -0.05) is 23.9 Å². The molecule has 0 fully saturated rings. The Kier molecular flexibility index (Phi) is 7.08. The predicted octanol–water partition coefficient (Wildman–Crippen LogP) is 2.98. The van der Waals surface area contributed by atoms with E-state index in [0.29, 0.717) is 15.4 Å². The summed E-state index contributed by atoms with van der Waals surface area (Å²) >= 11 is 2.62. The number of amides is 2. The molecule has 4 rings (SSSR count). The Morgan fingerprint density at radius 1 is 1.29 bits per heavy atom. The first-order valence-corrected chi connectivity index (χ1v) is 12.3. The van der Waals surface area contributed by atoms with Gasteiger partial charge in [0.05, 0.1) is 16.1 Å². The van der Waals surface area contributed by atoms with Gasteiger partial charge < -0.3 is 0 Å². The summed E-state index contributed by atoms with van der Waals surface area (Å²) < 4.78 is 1.51. The van der Waals surface area contributed by atoms with Crippen molar-refractivity contribution >= 4 is 50.8 Å². The van der Waals surface area contributed by atoms with Gasteiger partial charge in [0.2, 0.25) is 5.91 Å². The second-order valence-electron chi connectivity index (χ2n) is 7.59. The maximum Gasteiger partial charge on any atom is 0.270 e. The number of rotatable bonds is 7. The fourth-order valence-corrected chi connectivity index (χ4v) is 5.86. The standard InChI is InChI=1S/C22H21N5O5S2/c1-2-10-26-21(30)18-15-8-3-4-9-16(15)34-20(18)23-22(26)33-12-17(28)24-25-19(29)13-6-5-7-14(11-13)27(31)32/h2,5-7,11H,1,3-4,8-10,12H2,(H,24,28)(H,25,29). The minimum absolute atomic E-state index is 0.0377. The second kappa shape index (κ2) is 10.2. The molecule has 1 aliphatic carbocycles. The van der Waals surface area contributed by atoms with E-state index < -0.39 is 16.7 Å². The highest BCUT2D eigenvalue weighted by molar-refractivity contribution is 7.99. The number of hydrazine groups is 1. The molecule has 0 aliphatic heterocycles. The number of aryl methyl sites for hydroxylation is 2. The molecule has 34 heavy (non-hydrogen) atoms. The normalized spacial score (nSPS) is 12.7. The number of thioether (sulfide) groups is 1. The molecule has 0 saturated heterocycles. The van der Waals surface area contributed by atoms with Crippen LogP contribution in [-0.2, 0) is 24.2 Å². The molecule has 176 valence electrons. The van der Waals surface area contributed by atoms with Crippen LogP contribution in [0.2, 0.25) is 0 Å². The molecule has 2 aromatic heterocycles. The highest BCUT2D eigenvalue weighted by Gasteiger charge is 2.22. The molecular weight excluding hydrogens is 478 g/mol. The van der Waals surface area contributed by atoms with E-state index in [1.54, 1.807) is 6.08 Å². The van der Waals surface area contributed by atoms with Crippen molar-refractivity contribution < 1.29 is 14.5 Å². The van der Waals surface area contributed by atoms with Gasteiger partial charge >= 0.3 is 0 Å². The molecule has 2 heterocycles. The van der Waals surface area contributed by atoms with Gasteiger partial charge in [0, 0.05) is 29.1 Å². The fourth-order valence-electron chi connectivity index (χ4n) is 3.75. The van der Waals surface area contributed by atoms with E-state index in [2.05, 4.69) is 22.4 Å². The summed E-state index contributed by atoms with van der Waals surface area (Å²) in [6.07, 6.45) is 5.59. The average Bonchev–Trinajstić information content (AvgIpc) is 3.21. The van der Waals surface area contributed by atoms with E-state index in [1.807, 2.05) is 0 Å². The molecule has 0 unspecified atom stereocenters. The number of fused-ring (bicyclic) bond motifs is 3. The van der Waals surface area contributed by atoms with Crippen LogP contribution in [0.15, 0.2) is 46.9 Å². The van der Waals surface area contributed by atoms with Gasteiger partial charge in [-0.15, -0.1) is 17.9 Å². The Morgan fingerprint density at radius 3 is 2.85 bits per heavy atom. The first-order valence-electron chi connectivity index (χ1n) is 10.5. The van der Waals surface area contributed by atoms with Crippen molar-refractivity contribution in [2.75, 3.05) is 5.75 Å². The summed E-state index contributed by atoms with van der Waals surface area (Å²) in [5.74, 6) is -1.31. The summed E-state index contributed by atoms with van der Waals surface area (Å²) in [6, 6.07) is 5.16.